The van der Waals surface area contributed by atoms with Crippen molar-refractivity contribution in [1.29, 1.82) is 0 Å². The number of benzene rings is 1. The van der Waals surface area contributed by atoms with E-state index >= 15 is 4.39 Å². The van der Waals surface area contributed by atoms with Gasteiger partial charge in [-0.1, -0.05) is 6.92 Å². The Balaban J connectivity index is 1.89. The van der Waals surface area contributed by atoms with Gasteiger partial charge < -0.3 is 31.5 Å². The van der Waals surface area contributed by atoms with Crippen LogP contribution in [0.5, 0.6) is 5.75 Å². The van der Waals surface area contributed by atoms with Crippen molar-refractivity contribution in [2.75, 3.05) is 20.6 Å². The van der Waals surface area contributed by atoms with Crippen molar-refractivity contribution >= 4 is 17.5 Å². The van der Waals surface area contributed by atoms with Crippen LogP contribution in [0.3, 0.4) is 0 Å². The minimum absolute atomic E-state index is 0.0233. The number of aromatic hydroxyl groups is 1. The molecule has 0 heterocycles. The van der Waals surface area contributed by atoms with Gasteiger partial charge >= 0.3 is 0 Å². The molecule has 1 amide bonds. The monoisotopic (exact) mass is 503 g/mol. The number of hydrogen-bond acceptors (Lipinski definition) is 9. The summed E-state index contributed by atoms with van der Waals surface area (Å²) in [5.41, 5.74) is 1.20. The lowest BCUT2D eigenvalue weighted by Crippen LogP contribution is -2.63. The first kappa shape index (κ1) is 25.8. The third-order valence-electron chi connectivity index (χ3n) is 7.49. The topological polar surface area (TPSA) is 173 Å². The summed E-state index contributed by atoms with van der Waals surface area (Å²) in [5, 5.41) is 47.4. The van der Waals surface area contributed by atoms with Gasteiger partial charge in [0.05, 0.1) is 11.6 Å². The minimum atomic E-state index is -2.72. The number of aliphatic hydroxyl groups excluding tert-OH is 2. The Morgan fingerprint density at radius 3 is 2.53 bits per heavy atom. The van der Waals surface area contributed by atoms with Crippen molar-refractivity contribution in [2.45, 2.75) is 44.4 Å². The fourth-order valence-corrected chi connectivity index (χ4v) is 5.86. The zero-order valence-electron chi connectivity index (χ0n) is 20.3. The average Bonchev–Trinajstić information content (AvgIpc) is 2.79. The number of nitrogens with zero attached hydrogens (tertiary/aromatic N) is 1. The van der Waals surface area contributed by atoms with E-state index in [-0.39, 0.29) is 41.6 Å². The maximum atomic E-state index is 15.1. The van der Waals surface area contributed by atoms with E-state index in [1.165, 1.54) is 4.90 Å². The van der Waals surface area contributed by atoms with Crippen LogP contribution in [0.4, 0.5) is 4.39 Å². The molecule has 36 heavy (non-hydrogen) atoms. The van der Waals surface area contributed by atoms with Crippen LogP contribution >= 0.6 is 0 Å². The predicted molar refractivity (Wildman–Crippen MR) is 126 cm³/mol. The van der Waals surface area contributed by atoms with E-state index < -0.39 is 69.6 Å². The number of primary amides is 1. The third-order valence-corrected chi connectivity index (χ3v) is 7.49. The molecule has 7 N–H and O–H groups in total. The molecule has 10 nitrogen and oxygen atoms in total. The summed E-state index contributed by atoms with van der Waals surface area (Å²) >= 11 is 0. The zero-order chi connectivity index (χ0) is 26.7. The van der Waals surface area contributed by atoms with Crippen LogP contribution in [0.1, 0.15) is 41.3 Å². The second-order valence-corrected chi connectivity index (χ2v) is 9.86. The summed E-state index contributed by atoms with van der Waals surface area (Å²) in [6.07, 6.45) is 0.622. The van der Waals surface area contributed by atoms with Gasteiger partial charge in [-0.2, -0.15) is 0 Å². The molecule has 1 aromatic rings. The summed E-state index contributed by atoms with van der Waals surface area (Å²) < 4.78 is 15.1. The summed E-state index contributed by atoms with van der Waals surface area (Å²) in [5.74, 6) is -8.24. The Morgan fingerprint density at radius 1 is 1.28 bits per heavy atom. The van der Waals surface area contributed by atoms with Crippen LogP contribution in [0, 0.1) is 17.7 Å². The van der Waals surface area contributed by atoms with Gasteiger partial charge in [-0.15, -0.1) is 0 Å². The molecule has 0 radical (unpaired) electrons. The number of aliphatic hydroxyl groups is 3. The van der Waals surface area contributed by atoms with Gasteiger partial charge in [-0.3, -0.25) is 19.3 Å². The molecule has 0 fully saturated rings. The number of ketones is 2. The molecule has 0 aromatic heterocycles. The summed E-state index contributed by atoms with van der Waals surface area (Å²) in [6.45, 7) is 2.64. The molecule has 1 aromatic carbocycles. The molecule has 0 bridgehead atoms. The normalized spacial score (nSPS) is 27.8. The van der Waals surface area contributed by atoms with Gasteiger partial charge in [0.1, 0.15) is 28.7 Å². The Kier molecular flexibility index (Phi) is 6.44. The third kappa shape index (κ3) is 3.53. The summed E-state index contributed by atoms with van der Waals surface area (Å²) in [4.78, 5) is 40.3. The molecule has 194 valence electrons. The molecule has 0 saturated heterocycles. The van der Waals surface area contributed by atoms with E-state index in [2.05, 4.69) is 5.32 Å². The van der Waals surface area contributed by atoms with Gasteiger partial charge in [0, 0.05) is 29.2 Å². The smallest absolute Gasteiger partial charge is 0.255 e. The van der Waals surface area contributed by atoms with Crippen LogP contribution in [-0.4, -0.2) is 75.1 Å². The standard InChI is InChI=1S/C25H30FN3O7/c1-4-5-28-9-11-8-14(26)12-6-10-7-13-18(29(2)3)21(32)17(24(27)35)23(34)25(13,36)22(33)15(10)20(31)16(12)19(11)30/h8,10,13,18,28,30,32-33,36H,4-7,9H2,1-3H3,(H2,27,35)/t10-,13-,18-,25-/m0/s1. The number of allylic oxidation sites excluding steroid dienone is 1. The molecule has 0 spiro atoms. The van der Waals surface area contributed by atoms with E-state index in [1.807, 2.05) is 6.92 Å². The number of Topliss-reactive ketones (excluding diaryl/α,β-unsaturated/α-hetero) is 2. The number of halogens is 1. The SMILES string of the molecule is CCCNCc1cc(F)c2c(c1O)C(=O)C1=C(O)[C@]3(O)C(=O)C(C(N)=O)=C(O)[C@@H](N(C)C)[C@@H]3C[C@@H]1C2. The number of nitrogens with one attached hydrogen (secondary N) is 1. The average molecular weight is 504 g/mol. The maximum Gasteiger partial charge on any atom is 0.255 e. The molecule has 11 heteroatoms. The Hall–Kier alpha value is -3.28. The number of rotatable bonds is 6. The number of carbonyl (C=O) groups is 3. The van der Waals surface area contributed by atoms with E-state index in [1.54, 1.807) is 14.1 Å². The first-order chi connectivity index (χ1) is 16.9. The molecule has 4 rings (SSSR count). The van der Waals surface area contributed by atoms with Crippen LogP contribution in [0.25, 0.3) is 0 Å². The van der Waals surface area contributed by atoms with E-state index in [0.717, 1.165) is 12.5 Å². The summed E-state index contributed by atoms with van der Waals surface area (Å²) in [6, 6.07) is 0.0684. The molecular weight excluding hydrogens is 473 g/mol. The first-order valence-electron chi connectivity index (χ1n) is 11.8. The van der Waals surface area contributed by atoms with Crippen LogP contribution in [0.2, 0.25) is 0 Å². The van der Waals surface area contributed by atoms with Crippen LogP contribution in [0.15, 0.2) is 28.7 Å². The van der Waals surface area contributed by atoms with Gasteiger partial charge in [-0.05, 0) is 51.9 Å². The zero-order valence-corrected chi connectivity index (χ0v) is 20.3. The number of hydrogen-bond donors (Lipinski definition) is 6. The Bertz CT molecular complexity index is 1240. The number of phenolic OH excluding ortho intramolecular Hbond substituents is 1. The maximum absolute atomic E-state index is 15.1. The molecule has 3 aliphatic carbocycles. The number of nitrogens with two attached hydrogens (primary N) is 1. The fourth-order valence-electron chi connectivity index (χ4n) is 5.86. The highest BCUT2D eigenvalue weighted by atomic mass is 19.1. The number of likely N-dealkylation sites (N-methyl/N-ethyl adjacent to an activating group) is 1. The molecule has 0 aliphatic heterocycles. The van der Waals surface area contributed by atoms with Crippen molar-refractivity contribution in [3.63, 3.8) is 0 Å². The molecule has 0 saturated carbocycles. The van der Waals surface area contributed by atoms with Crippen molar-refractivity contribution in [3.8, 4) is 5.75 Å². The van der Waals surface area contributed by atoms with Gasteiger partial charge in [0.15, 0.2) is 11.4 Å². The van der Waals surface area contributed by atoms with Gasteiger partial charge in [0.25, 0.3) is 5.91 Å². The fraction of sp³-hybridized carbons (Fsp3) is 0.480. The number of fused-ring (bicyclic) bond motifs is 3. The van der Waals surface area contributed by atoms with Gasteiger partial charge in [0.2, 0.25) is 5.78 Å². The largest absolute Gasteiger partial charge is 0.510 e. The second-order valence-electron chi connectivity index (χ2n) is 9.86. The lowest BCUT2D eigenvalue weighted by atomic mass is 9.58. The number of carbonyl (C=O) groups excluding carboxylic acids is 3. The van der Waals surface area contributed by atoms with Crippen molar-refractivity contribution < 1.29 is 39.2 Å². The van der Waals surface area contributed by atoms with Crippen molar-refractivity contribution in [1.82, 2.24) is 10.2 Å². The van der Waals surface area contributed by atoms with Crippen LogP contribution in [-0.2, 0) is 22.6 Å². The highest BCUT2D eigenvalue weighted by molar-refractivity contribution is 6.24. The molecular formula is C25H30FN3O7. The summed E-state index contributed by atoms with van der Waals surface area (Å²) in [7, 11) is 3.08. The van der Waals surface area contributed by atoms with E-state index in [4.69, 9.17) is 5.73 Å². The van der Waals surface area contributed by atoms with E-state index in [9.17, 15) is 34.8 Å². The van der Waals surface area contributed by atoms with Gasteiger partial charge in [-0.25, -0.2) is 4.39 Å². The highest BCUT2D eigenvalue weighted by Gasteiger charge is 2.63. The second kappa shape index (κ2) is 8.99. The molecule has 3 aliphatic rings. The van der Waals surface area contributed by atoms with Crippen molar-refractivity contribution in [2.24, 2.45) is 17.6 Å². The predicted octanol–water partition coefficient (Wildman–Crippen LogP) is 0.759. The Morgan fingerprint density at radius 2 is 1.94 bits per heavy atom. The quantitative estimate of drug-likeness (QED) is 0.242. The first-order valence-corrected chi connectivity index (χ1v) is 11.8. The lowest BCUT2D eigenvalue weighted by molar-refractivity contribution is -0.148. The minimum Gasteiger partial charge on any atom is -0.510 e. The number of amides is 1. The highest BCUT2D eigenvalue weighted by Crippen LogP contribution is 2.52. The van der Waals surface area contributed by atoms with Crippen LogP contribution < -0.4 is 11.1 Å². The van der Waals surface area contributed by atoms with E-state index in [0.29, 0.717) is 6.54 Å². The number of phenols is 1. The molecule has 4 atom stereocenters. The molecule has 0 unspecified atom stereocenters. The lowest BCUT2D eigenvalue weighted by Gasteiger charge is -2.50. The Labute approximate surface area is 206 Å². The van der Waals surface area contributed by atoms with Crippen molar-refractivity contribution in [3.05, 3.63) is 51.2 Å².